The van der Waals surface area contributed by atoms with Gasteiger partial charge >= 0.3 is 0 Å². The van der Waals surface area contributed by atoms with Crippen molar-refractivity contribution in [3.05, 3.63) is 106 Å². The van der Waals surface area contributed by atoms with E-state index in [2.05, 4.69) is 25.7 Å². The highest BCUT2D eigenvalue weighted by Gasteiger charge is 2.12. The first-order chi connectivity index (χ1) is 17.1. The SMILES string of the molecule is Cc1[nH]c2ccccc2c1C=NNC(=O)c1cc(-c2cccc(OCc3ccc(Cl)cc3)c2)n[nH]1. The maximum atomic E-state index is 12.6. The van der Waals surface area contributed by atoms with Gasteiger partial charge in [-0.25, -0.2) is 5.43 Å². The zero-order valence-corrected chi connectivity index (χ0v) is 19.6. The van der Waals surface area contributed by atoms with Crippen LogP contribution in [0.15, 0.2) is 84.0 Å². The van der Waals surface area contributed by atoms with Gasteiger partial charge in [-0.05, 0) is 48.9 Å². The molecule has 5 aromatic rings. The number of aromatic nitrogens is 3. The topological polar surface area (TPSA) is 95.2 Å². The molecular weight excluding hydrogens is 462 g/mol. The lowest BCUT2D eigenvalue weighted by molar-refractivity contribution is 0.0950. The number of halogens is 1. The monoisotopic (exact) mass is 483 g/mol. The molecule has 5 rings (SSSR count). The Hall–Kier alpha value is -4.36. The lowest BCUT2D eigenvalue weighted by Crippen LogP contribution is -2.18. The summed E-state index contributed by atoms with van der Waals surface area (Å²) in [5, 5.41) is 12.9. The van der Waals surface area contributed by atoms with E-state index >= 15 is 0 Å². The molecule has 3 aromatic carbocycles. The van der Waals surface area contributed by atoms with Gasteiger partial charge in [-0.1, -0.05) is 54.1 Å². The van der Waals surface area contributed by atoms with E-state index in [9.17, 15) is 4.79 Å². The third kappa shape index (κ3) is 5.10. The van der Waals surface area contributed by atoms with Gasteiger partial charge in [-0.2, -0.15) is 10.2 Å². The zero-order valence-electron chi connectivity index (χ0n) is 18.9. The number of fused-ring (bicyclic) bond motifs is 1. The Bertz CT molecular complexity index is 1520. The van der Waals surface area contributed by atoms with Crippen molar-refractivity contribution in [2.24, 2.45) is 5.10 Å². The molecule has 1 amide bonds. The van der Waals surface area contributed by atoms with Gasteiger partial charge < -0.3 is 9.72 Å². The fourth-order valence-electron chi connectivity index (χ4n) is 3.76. The zero-order chi connectivity index (χ0) is 24.2. The fraction of sp³-hybridized carbons (Fsp3) is 0.0741. The van der Waals surface area contributed by atoms with E-state index in [1.54, 1.807) is 12.3 Å². The normalized spacial score (nSPS) is 11.3. The number of H-pyrrole nitrogens is 2. The number of carbonyl (C=O) groups is 1. The number of carbonyl (C=O) groups excluding carboxylic acids is 1. The highest BCUT2D eigenvalue weighted by molar-refractivity contribution is 6.30. The summed E-state index contributed by atoms with van der Waals surface area (Å²) in [5.41, 5.74) is 8.27. The molecule has 0 spiro atoms. The number of aryl methyl sites for hydroxylation is 1. The van der Waals surface area contributed by atoms with Crippen LogP contribution in [0.3, 0.4) is 0 Å². The van der Waals surface area contributed by atoms with Gasteiger partial charge in [-0.3, -0.25) is 9.89 Å². The largest absolute Gasteiger partial charge is 0.489 e. The summed E-state index contributed by atoms with van der Waals surface area (Å²) < 4.78 is 5.89. The van der Waals surface area contributed by atoms with Crippen LogP contribution in [0.25, 0.3) is 22.2 Å². The Morgan fingerprint density at radius 2 is 1.91 bits per heavy atom. The Balaban J connectivity index is 1.24. The van der Waals surface area contributed by atoms with E-state index in [4.69, 9.17) is 16.3 Å². The van der Waals surface area contributed by atoms with Crippen LogP contribution in [0.4, 0.5) is 0 Å². The quantitative estimate of drug-likeness (QED) is 0.200. The van der Waals surface area contributed by atoms with Crippen molar-refractivity contribution in [3.63, 3.8) is 0 Å². The second-order valence-electron chi connectivity index (χ2n) is 8.02. The molecule has 0 saturated carbocycles. The molecule has 0 radical (unpaired) electrons. The first kappa shape index (κ1) is 22.4. The Morgan fingerprint density at radius 3 is 2.77 bits per heavy atom. The summed E-state index contributed by atoms with van der Waals surface area (Å²) in [6.45, 7) is 2.39. The summed E-state index contributed by atoms with van der Waals surface area (Å²) in [4.78, 5) is 15.9. The van der Waals surface area contributed by atoms with Crippen LogP contribution >= 0.6 is 11.6 Å². The standard InChI is InChI=1S/C27H22ClN5O2/c1-17-23(22-7-2-3-8-24(22)30-17)15-29-33-27(34)26-14-25(31-32-26)19-5-4-6-21(13-19)35-16-18-9-11-20(28)12-10-18/h2-15,30H,16H2,1H3,(H,31,32)(H,33,34). The fourth-order valence-corrected chi connectivity index (χ4v) is 3.88. The van der Waals surface area contributed by atoms with Gasteiger partial charge in [-0.15, -0.1) is 0 Å². The maximum Gasteiger partial charge on any atom is 0.289 e. The number of ether oxygens (including phenoxy) is 1. The molecule has 0 unspecified atom stereocenters. The van der Waals surface area contributed by atoms with Crippen molar-refractivity contribution in [2.45, 2.75) is 13.5 Å². The minimum absolute atomic E-state index is 0.306. The highest BCUT2D eigenvalue weighted by atomic mass is 35.5. The van der Waals surface area contributed by atoms with Gasteiger partial charge in [0.2, 0.25) is 0 Å². The second kappa shape index (κ2) is 9.87. The van der Waals surface area contributed by atoms with Gasteiger partial charge in [0.05, 0.1) is 11.9 Å². The Morgan fingerprint density at radius 1 is 1.09 bits per heavy atom. The Labute approximate surface area is 206 Å². The van der Waals surface area contributed by atoms with Gasteiger partial charge in [0.1, 0.15) is 18.1 Å². The molecular formula is C27H22ClN5O2. The lowest BCUT2D eigenvalue weighted by Gasteiger charge is -2.07. The van der Waals surface area contributed by atoms with Gasteiger partial charge in [0, 0.05) is 32.7 Å². The number of nitrogens with one attached hydrogen (secondary N) is 3. The summed E-state index contributed by atoms with van der Waals surface area (Å²) in [5.74, 6) is 0.317. The number of rotatable bonds is 7. The van der Waals surface area contributed by atoms with E-state index in [0.717, 1.165) is 33.3 Å². The number of para-hydroxylation sites is 1. The third-order valence-corrected chi connectivity index (χ3v) is 5.83. The molecule has 7 nitrogen and oxygen atoms in total. The van der Waals surface area contributed by atoms with E-state index in [1.807, 2.05) is 79.7 Å². The molecule has 8 heteroatoms. The predicted molar refractivity (Wildman–Crippen MR) is 138 cm³/mol. The van der Waals surface area contributed by atoms with Crippen molar-refractivity contribution in [1.29, 1.82) is 0 Å². The molecule has 0 aliphatic heterocycles. The number of amides is 1. The molecule has 0 fully saturated rings. The lowest BCUT2D eigenvalue weighted by atomic mass is 10.1. The molecule has 35 heavy (non-hydrogen) atoms. The van der Waals surface area contributed by atoms with Crippen LogP contribution in [-0.4, -0.2) is 27.3 Å². The number of hydrogen-bond donors (Lipinski definition) is 3. The Kier molecular flexibility index (Phi) is 6.32. The smallest absolute Gasteiger partial charge is 0.289 e. The molecule has 0 aliphatic rings. The van der Waals surface area contributed by atoms with E-state index in [1.165, 1.54) is 0 Å². The average Bonchev–Trinajstić information content (AvgIpc) is 3.49. The van der Waals surface area contributed by atoms with Crippen LogP contribution in [-0.2, 0) is 6.61 Å². The van der Waals surface area contributed by atoms with Crippen LogP contribution in [0.5, 0.6) is 5.75 Å². The minimum atomic E-state index is -0.382. The summed E-state index contributed by atoms with van der Waals surface area (Å²) in [6.07, 6.45) is 1.64. The third-order valence-electron chi connectivity index (χ3n) is 5.57. The predicted octanol–water partition coefficient (Wildman–Crippen LogP) is 5.86. The number of hydrazone groups is 1. The number of aromatic amines is 2. The van der Waals surface area contributed by atoms with Gasteiger partial charge in [0.25, 0.3) is 5.91 Å². The van der Waals surface area contributed by atoms with Crippen LogP contribution < -0.4 is 10.2 Å². The molecule has 2 heterocycles. The molecule has 0 atom stereocenters. The van der Waals surface area contributed by atoms with Crippen molar-refractivity contribution < 1.29 is 9.53 Å². The molecule has 0 bridgehead atoms. The minimum Gasteiger partial charge on any atom is -0.489 e. The molecule has 2 aromatic heterocycles. The van der Waals surface area contributed by atoms with Crippen LogP contribution in [0, 0.1) is 6.92 Å². The summed E-state index contributed by atoms with van der Waals surface area (Å²) in [6, 6.07) is 24.7. The van der Waals surface area contributed by atoms with E-state index in [0.29, 0.717) is 28.8 Å². The average molecular weight is 484 g/mol. The molecule has 0 saturated heterocycles. The molecule has 174 valence electrons. The summed E-state index contributed by atoms with van der Waals surface area (Å²) in [7, 11) is 0. The van der Waals surface area contributed by atoms with Gasteiger partial charge in [0.15, 0.2) is 0 Å². The maximum absolute atomic E-state index is 12.6. The van der Waals surface area contributed by atoms with Crippen molar-refractivity contribution in [1.82, 2.24) is 20.6 Å². The van der Waals surface area contributed by atoms with Crippen LogP contribution in [0.2, 0.25) is 5.02 Å². The number of hydrogen-bond acceptors (Lipinski definition) is 4. The van der Waals surface area contributed by atoms with Crippen molar-refractivity contribution >= 4 is 34.6 Å². The second-order valence-corrected chi connectivity index (χ2v) is 8.45. The first-order valence-electron chi connectivity index (χ1n) is 11.0. The van der Waals surface area contributed by atoms with Crippen molar-refractivity contribution in [3.8, 4) is 17.0 Å². The first-order valence-corrected chi connectivity index (χ1v) is 11.4. The van der Waals surface area contributed by atoms with E-state index in [-0.39, 0.29) is 5.91 Å². The molecule has 0 aliphatic carbocycles. The van der Waals surface area contributed by atoms with Crippen LogP contribution in [0.1, 0.15) is 27.3 Å². The molecule has 3 N–H and O–H groups in total. The van der Waals surface area contributed by atoms with Crippen molar-refractivity contribution in [2.75, 3.05) is 0 Å². The summed E-state index contributed by atoms with van der Waals surface area (Å²) >= 11 is 5.93. The highest BCUT2D eigenvalue weighted by Crippen LogP contribution is 2.24. The number of benzene rings is 3. The van der Waals surface area contributed by atoms with E-state index < -0.39 is 0 Å². The number of nitrogens with zero attached hydrogens (tertiary/aromatic N) is 2.